The van der Waals surface area contributed by atoms with Gasteiger partial charge in [-0.2, -0.15) is 0 Å². The Hall–Kier alpha value is -3.68. The van der Waals surface area contributed by atoms with Gasteiger partial charge in [-0.05, 0) is 91.8 Å². The molecule has 1 aliphatic rings. The molecule has 2 aromatic carbocycles. The number of hydrogen-bond donors (Lipinski definition) is 2. The van der Waals surface area contributed by atoms with E-state index >= 15 is 0 Å². The molecule has 1 fully saturated rings. The molecular weight excluding hydrogens is 514 g/mol. The van der Waals surface area contributed by atoms with Gasteiger partial charge >= 0.3 is 0 Å². The van der Waals surface area contributed by atoms with Crippen molar-refractivity contribution in [1.29, 1.82) is 0 Å². The SMILES string of the molecule is Cc1ccc(-n2cccc2[C@H]2[C@H](c3ccccn3)NC(=S)N2c2ccc(NC(=O)C(C)C)c(Cl)c2)cc1C. The number of carbonyl (C=O) groups is 1. The first-order valence-electron chi connectivity index (χ1n) is 12.6. The molecule has 1 amide bonds. The van der Waals surface area contributed by atoms with Gasteiger partial charge in [0.25, 0.3) is 0 Å². The summed E-state index contributed by atoms with van der Waals surface area (Å²) in [6, 6.07) is 21.8. The molecule has 0 unspecified atom stereocenters. The number of rotatable bonds is 6. The van der Waals surface area contributed by atoms with Gasteiger partial charge in [-0.3, -0.25) is 9.78 Å². The Balaban J connectivity index is 1.61. The number of carbonyl (C=O) groups excluding carboxylic acids is 1. The number of nitrogens with one attached hydrogen (secondary N) is 2. The lowest BCUT2D eigenvalue weighted by Gasteiger charge is -2.29. The molecule has 8 heteroatoms. The number of pyridine rings is 1. The smallest absolute Gasteiger partial charge is 0.226 e. The highest BCUT2D eigenvalue weighted by Gasteiger charge is 2.42. The van der Waals surface area contributed by atoms with Crippen LogP contribution in [-0.2, 0) is 4.79 Å². The van der Waals surface area contributed by atoms with Crippen molar-refractivity contribution in [2.75, 3.05) is 10.2 Å². The molecule has 6 nitrogen and oxygen atoms in total. The first-order valence-corrected chi connectivity index (χ1v) is 13.4. The molecule has 1 saturated heterocycles. The number of benzene rings is 2. The van der Waals surface area contributed by atoms with Crippen LogP contribution in [0.4, 0.5) is 11.4 Å². The molecule has 0 bridgehead atoms. The predicted octanol–water partition coefficient (Wildman–Crippen LogP) is 6.91. The molecule has 194 valence electrons. The van der Waals surface area contributed by atoms with Gasteiger partial charge in [0, 0.05) is 35.4 Å². The predicted molar refractivity (Wildman–Crippen MR) is 158 cm³/mol. The molecule has 4 aromatic rings. The minimum Gasteiger partial charge on any atom is -0.351 e. The fraction of sp³-hybridized carbons (Fsp3) is 0.233. The third kappa shape index (κ3) is 4.91. The molecule has 3 heterocycles. The number of nitrogens with zero attached hydrogens (tertiary/aromatic N) is 3. The summed E-state index contributed by atoms with van der Waals surface area (Å²) >= 11 is 12.6. The van der Waals surface area contributed by atoms with Crippen LogP contribution >= 0.6 is 23.8 Å². The van der Waals surface area contributed by atoms with Crippen molar-refractivity contribution in [2.24, 2.45) is 5.92 Å². The molecular formula is C30H30ClN5OS. The van der Waals surface area contributed by atoms with Crippen LogP contribution in [0.1, 0.15) is 48.4 Å². The Labute approximate surface area is 233 Å². The molecule has 38 heavy (non-hydrogen) atoms. The molecule has 1 aliphatic heterocycles. The lowest BCUT2D eigenvalue weighted by Crippen LogP contribution is -2.30. The summed E-state index contributed by atoms with van der Waals surface area (Å²) < 4.78 is 2.20. The van der Waals surface area contributed by atoms with E-state index in [0.717, 1.165) is 22.8 Å². The first kappa shape index (κ1) is 25.9. The number of halogens is 1. The summed E-state index contributed by atoms with van der Waals surface area (Å²) in [5.41, 5.74) is 6.90. The summed E-state index contributed by atoms with van der Waals surface area (Å²) in [6.45, 7) is 7.93. The lowest BCUT2D eigenvalue weighted by molar-refractivity contribution is -0.118. The van der Waals surface area contributed by atoms with Gasteiger partial charge < -0.3 is 20.1 Å². The number of hydrogen-bond acceptors (Lipinski definition) is 3. The molecule has 2 aromatic heterocycles. The van der Waals surface area contributed by atoms with Crippen LogP contribution in [0.5, 0.6) is 0 Å². The Bertz CT molecular complexity index is 1500. The van der Waals surface area contributed by atoms with Crippen molar-refractivity contribution >= 4 is 46.2 Å². The number of anilines is 2. The Kier molecular flexibility index (Phi) is 7.23. The van der Waals surface area contributed by atoms with Gasteiger partial charge in [-0.15, -0.1) is 0 Å². The number of aromatic nitrogens is 2. The van der Waals surface area contributed by atoms with E-state index in [0.29, 0.717) is 15.8 Å². The van der Waals surface area contributed by atoms with E-state index in [1.165, 1.54) is 11.1 Å². The maximum absolute atomic E-state index is 12.3. The number of thiocarbonyl (C=S) groups is 1. The third-order valence-corrected chi connectivity index (χ3v) is 7.59. The van der Waals surface area contributed by atoms with Crippen LogP contribution in [0.2, 0.25) is 5.02 Å². The summed E-state index contributed by atoms with van der Waals surface area (Å²) in [5.74, 6) is -0.236. The molecule has 0 saturated carbocycles. The van der Waals surface area contributed by atoms with Crippen molar-refractivity contribution in [2.45, 2.75) is 39.8 Å². The normalized spacial score (nSPS) is 17.1. The topological polar surface area (TPSA) is 62.2 Å². The molecule has 0 spiro atoms. The first-order chi connectivity index (χ1) is 18.2. The Morgan fingerprint density at radius 2 is 1.82 bits per heavy atom. The minimum absolute atomic E-state index is 0.0858. The summed E-state index contributed by atoms with van der Waals surface area (Å²) in [5, 5.41) is 7.43. The second-order valence-corrected chi connectivity index (χ2v) is 10.7. The Morgan fingerprint density at radius 1 is 1.03 bits per heavy atom. The number of amides is 1. The zero-order valence-corrected chi connectivity index (χ0v) is 23.3. The molecule has 2 atom stereocenters. The zero-order valence-electron chi connectivity index (χ0n) is 21.8. The standard InChI is InChI=1S/C30H30ClN5OS/c1-18(2)29(37)33-24-13-12-22(17-23(24)31)36-28(27(34-30(36)38)25-8-5-6-14-32-25)26-9-7-15-35(26)21-11-10-19(3)20(4)16-21/h5-18,27-28H,1-4H3,(H,33,37)(H,34,38)/t27-,28-/m0/s1. The van der Waals surface area contributed by atoms with Crippen LogP contribution in [0.25, 0.3) is 5.69 Å². The fourth-order valence-electron chi connectivity index (χ4n) is 4.71. The van der Waals surface area contributed by atoms with E-state index in [1.54, 1.807) is 6.20 Å². The third-order valence-electron chi connectivity index (χ3n) is 6.96. The van der Waals surface area contributed by atoms with Crippen molar-refractivity contribution in [1.82, 2.24) is 14.9 Å². The largest absolute Gasteiger partial charge is 0.351 e. The van der Waals surface area contributed by atoms with E-state index in [9.17, 15) is 4.79 Å². The van der Waals surface area contributed by atoms with Crippen molar-refractivity contribution in [3.8, 4) is 5.69 Å². The van der Waals surface area contributed by atoms with Gasteiger partial charge in [-0.1, -0.05) is 37.6 Å². The van der Waals surface area contributed by atoms with Gasteiger partial charge in [0.1, 0.15) is 6.04 Å². The van der Waals surface area contributed by atoms with E-state index in [4.69, 9.17) is 23.8 Å². The van der Waals surface area contributed by atoms with E-state index in [2.05, 4.69) is 75.5 Å². The van der Waals surface area contributed by atoms with Crippen molar-refractivity contribution in [3.63, 3.8) is 0 Å². The van der Waals surface area contributed by atoms with E-state index in [1.807, 2.05) is 50.2 Å². The quantitative estimate of drug-likeness (QED) is 0.259. The van der Waals surface area contributed by atoms with E-state index < -0.39 is 0 Å². The van der Waals surface area contributed by atoms with E-state index in [-0.39, 0.29) is 23.9 Å². The minimum atomic E-state index is -0.207. The Morgan fingerprint density at radius 3 is 2.50 bits per heavy atom. The summed E-state index contributed by atoms with van der Waals surface area (Å²) in [4.78, 5) is 19.0. The average Bonchev–Trinajstić information content (AvgIpc) is 3.51. The van der Waals surface area contributed by atoms with Crippen molar-refractivity contribution in [3.05, 3.63) is 107 Å². The highest BCUT2D eigenvalue weighted by atomic mass is 35.5. The van der Waals surface area contributed by atoms with Crippen molar-refractivity contribution < 1.29 is 4.79 Å². The second-order valence-electron chi connectivity index (χ2n) is 9.88. The number of aryl methyl sites for hydroxylation is 2. The fourth-order valence-corrected chi connectivity index (χ4v) is 5.28. The van der Waals surface area contributed by atoms with Crippen LogP contribution in [-0.4, -0.2) is 20.6 Å². The highest BCUT2D eigenvalue weighted by Crippen LogP contribution is 2.43. The second kappa shape index (κ2) is 10.6. The van der Waals surface area contributed by atoms with Crippen LogP contribution in [0.15, 0.2) is 79.1 Å². The summed E-state index contributed by atoms with van der Waals surface area (Å²) in [6.07, 6.45) is 3.87. The van der Waals surface area contributed by atoms with Crippen LogP contribution in [0.3, 0.4) is 0 Å². The highest BCUT2D eigenvalue weighted by molar-refractivity contribution is 7.80. The molecule has 5 rings (SSSR count). The maximum atomic E-state index is 12.3. The summed E-state index contributed by atoms with van der Waals surface area (Å²) in [7, 11) is 0. The van der Waals surface area contributed by atoms with Crippen LogP contribution in [0, 0.1) is 19.8 Å². The van der Waals surface area contributed by atoms with Gasteiger partial charge in [0.05, 0.1) is 22.4 Å². The van der Waals surface area contributed by atoms with Gasteiger partial charge in [0.15, 0.2) is 5.11 Å². The van der Waals surface area contributed by atoms with Crippen LogP contribution < -0.4 is 15.5 Å². The maximum Gasteiger partial charge on any atom is 0.226 e. The molecule has 0 radical (unpaired) electrons. The monoisotopic (exact) mass is 543 g/mol. The average molecular weight is 544 g/mol. The molecule has 0 aliphatic carbocycles. The zero-order chi connectivity index (χ0) is 27.0. The lowest BCUT2D eigenvalue weighted by atomic mass is 10.0. The van der Waals surface area contributed by atoms with Gasteiger partial charge in [-0.25, -0.2) is 0 Å². The van der Waals surface area contributed by atoms with Gasteiger partial charge in [0.2, 0.25) is 5.91 Å². The molecule has 2 N–H and O–H groups in total.